The molecule has 3 nitrogen and oxygen atoms in total. The van der Waals surface area contributed by atoms with Crippen molar-refractivity contribution in [2.24, 2.45) is 0 Å². The molecule has 0 aliphatic rings. The summed E-state index contributed by atoms with van der Waals surface area (Å²) in [6.07, 6.45) is 0.283. The minimum atomic E-state index is -0.0767. The van der Waals surface area contributed by atoms with Crippen molar-refractivity contribution in [2.75, 3.05) is 12.4 Å². The van der Waals surface area contributed by atoms with Gasteiger partial charge in [0.15, 0.2) is 0 Å². The van der Waals surface area contributed by atoms with Crippen molar-refractivity contribution in [1.29, 1.82) is 0 Å². The first-order valence-electron chi connectivity index (χ1n) is 6.77. The summed E-state index contributed by atoms with van der Waals surface area (Å²) in [5.74, 6) is 0.707. The zero-order valence-electron chi connectivity index (χ0n) is 11.9. The van der Waals surface area contributed by atoms with Crippen LogP contribution < -0.4 is 10.1 Å². The monoisotopic (exact) mass is 331 g/mol. The zero-order valence-corrected chi connectivity index (χ0v) is 13.5. The van der Waals surface area contributed by atoms with Crippen LogP contribution in [0.25, 0.3) is 10.1 Å². The average Bonchev–Trinajstić information content (AvgIpc) is 2.86. The predicted molar refractivity (Wildman–Crippen MR) is 92.2 cm³/mol. The van der Waals surface area contributed by atoms with Gasteiger partial charge in [-0.05, 0) is 36.4 Å². The van der Waals surface area contributed by atoms with Gasteiger partial charge in [-0.1, -0.05) is 23.7 Å². The highest BCUT2D eigenvalue weighted by atomic mass is 35.5. The summed E-state index contributed by atoms with van der Waals surface area (Å²) >= 11 is 7.42. The first-order chi connectivity index (χ1) is 10.7. The van der Waals surface area contributed by atoms with Crippen LogP contribution in [-0.2, 0) is 11.2 Å². The van der Waals surface area contributed by atoms with Crippen LogP contribution in [0.15, 0.2) is 48.5 Å². The summed E-state index contributed by atoms with van der Waals surface area (Å²) in [6, 6.07) is 15.0. The molecular formula is C17H14ClNO2S. The van der Waals surface area contributed by atoms with E-state index in [1.165, 1.54) is 0 Å². The maximum absolute atomic E-state index is 12.2. The molecule has 0 fully saturated rings. The molecule has 5 heteroatoms. The van der Waals surface area contributed by atoms with E-state index in [0.29, 0.717) is 5.02 Å². The molecule has 2 aromatic carbocycles. The van der Waals surface area contributed by atoms with Crippen molar-refractivity contribution in [1.82, 2.24) is 0 Å². The highest BCUT2D eigenvalue weighted by Gasteiger charge is 2.15. The van der Waals surface area contributed by atoms with Crippen molar-refractivity contribution in [3.8, 4) is 5.75 Å². The number of rotatable bonds is 4. The molecule has 112 valence electrons. The van der Waals surface area contributed by atoms with Crippen LogP contribution in [-0.4, -0.2) is 13.0 Å². The minimum Gasteiger partial charge on any atom is -0.495 e. The molecule has 1 amide bonds. The van der Waals surface area contributed by atoms with Crippen molar-refractivity contribution >= 4 is 44.6 Å². The molecule has 0 aliphatic carbocycles. The van der Waals surface area contributed by atoms with E-state index < -0.39 is 0 Å². The molecule has 0 spiro atoms. The van der Waals surface area contributed by atoms with Crippen LogP contribution in [0.3, 0.4) is 0 Å². The number of hydrogen-bond acceptors (Lipinski definition) is 3. The van der Waals surface area contributed by atoms with Gasteiger partial charge in [0.05, 0.1) is 18.4 Å². The molecule has 22 heavy (non-hydrogen) atoms. The minimum absolute atomic E-state index is 0.0767. The lowest BCUT2D eigenvalue weighted by molar-refractivity contribution is -0.115. The summed E-state index contributed by atoms with van der Waals surface area (Å²) in [7, 11) is 1.63. The molecule has 0 saturated carbocycles. The number of halogens is 1. The molecule has 0 atom stereocenters. The summed E-state index contributed by atoms with van der Waals surface area (Å²) in [6.45, 7) is 0. The second-order valence-electron chi connectivity index (χ2n) is 4.79. The largest absolute Gasteiger partial charge is 0.495 e. The molecular weight excluding hydrogens is 318 g/mol. The lowest BCUT2D eigenvalue weighted by Crippen LogP contribution is -2.13. The first kappa shape index (κ1) is 14.9. The normalized spacial score (nSPS) is 10.6. The van der Waals surface area contributed by atoms with Crippen LogP contribution in [0.1, 0.15) is 4.88 Å². The van der Waals surface area contributed by atoms with E-state index in [1.54, 1.807) is 42.7 Å². The first-order valence-corrected chi connectivity index (χ1v) is 7.96. The third-order valence-electron chi connectivity index (χ3n) is 3.27. The molecule has 3 rings (SSSR count). The van der Waals surface area contributed by atoms with Crippen molar-refractivity contribution in [3.63, 3.8) is 0 Å². The van der Waals surface area contributed by atoms with Gasteiger partial charge >= 0.3 is 0 Å². The quantitative estimate of drug-likeness (QED) is 0.749. The number of ether oxygens (including phenoxy) is 1. The Balaban J connectivity index is 1.80. The highest BCUT2D eigenvalue weighted by molar-refractivity contribution is 7.19. The molecule has 0 unspecified atom stereocenters. The second-order valence-corrected chi connectivity index (χ2v) is 6.36. The third-order valence-corrected chi connectivity index (χ3v) is 4.68. The lowest BCUT2D eigenvalue weighted by Gasteiger charge is -2.06. The van der Waals surface area contributed by atoms with Gasteiger partial charge in [-0.3, -0.25) is 4.79 Å². The summed E-state index contributed by atoms with van der Waals surface area (Å²) in [4.78, 5) is 13.1. The smallest absolute Gasteiger partial charge is 0.229 e. The number of carbonyl (C=O) groups excluding carboxylic acids is 1. The van der Waals surface area contributed by atoms with E-state index in [-0.39, 0.29) is 12.3 Å². The Kier molecular flexibility index (Phi) is 4.32. The Hall–Kier alpha value is -2.04. The number of nitrogens with one attached hydrogen (secondary N) is 1. The van der Waals surface area contributed by atoms with Gasteiger partial charge in [-0.15, -0.1) is 11.3 Å². The van der Waals surface area contributed by atoms with Crippen molar-refractivity contribution in [3.05, 3.63) is 58.4 Å². The van der Waals surface area contributed by atoms with Gasteiger partial charge in [0.25, 0.3) is 0 Å². The van der Waals surface area contributed by atoms with Crippen LogP contribution in [0.4, 0.5) is 5.69 Å². The lowest BCUT2D eigenvalue weighted by atomic mass is 10.2. The SMILES string of the molecule is COc1c(CC(=O)Nc2ccc(Cl)cc2)sc2ccccc12. The number of anilines is 1. The number of amides is 1. The van der Waals surface area contributed by atoms with E-state index in [1.807, 2.05) is 24.3 Å². The summed E-state index contributed by atoms with van der Waals surface area (Å²) < 4.78 is 6.60. The van der Waals surface area contributed by atoms with E-state index in [2.05, 4.69) is 5.32 Å². The van der Waals surface area contributed by atoms with Gasteiger partial charge in [0, 0.05) is 20.8 Å². The Morgan fingerprint density at radius 1 is 1.18 bits per heavy atom. The van der Waals surface area contributed by atoms with Crippen LogP contribution >= 0.6 is 22.9 Å². The molecule has 0 saturated heterocycles. The fourth-order valence-corrected chi connectivity index (χ4v) is 3.59. The topological polar surface area (TPSA) is 38.3 Å². The number of benzene rings is 2. The molecule has 3 aromatic rings. The van der Waals surface area contributed by atoms with Gasteiger partial charge in [-0.2, -0.15) is 0 Å². The summed E-state index contributed by atoms with van der Waals surface area (Å²) in [5, 5.41) is 4.56. The molecule has 0 radical (unpaired) electrons. The number of methoxy groups -OCH3 is 1. The molecule has 1 heterocycles. The summed E-state index contributed by atoms with van der Waals surface area (Å²) in [5.41, 5.74) is 0.731. The maximum Gasteiger partial charge on any atom is 0.229 e. The average molecular weight is 332 g/mol. The zero-order chi connectivity index (χ0) is 15.5. The van der Waals surface area contributed by atoms with Crippen LogP contribution in [0, 0.1) is 0 Å². The number of thiophene rings is 1. The third kappa shape index (κ3) is 3.08. The number of carbonyl (C=O) groups is 1. The Morgan fingerprint density at radius 2 is 1.91 bits per heavy atom. The van der Waals surface area contributed by atoms with E-state index >= 15 is 0 Å². The van der Waals surface area contributed by atoms with Gasteiger partial charge in [0.1, 0.15) is 5.75 Å². The number of fused-ring (bicyclic) bond motifs is 1. The predicted octanol–water partition coefficient (Wildman–Crippen LogP) is 4.74. The Morgan fingerprint density at radius 3 is 2.64 bits per heavy atom. The maximum atomic E-state index is 12.2. The Bertz CT molecular complexity index is 811. The van der Waals surface area contributed by atoms with Gasteiger partial charge < -0.3 is 10.1 Å². The fraction of sp³-hybridized carbons (Fsp3) is 0.118. The Labute approximate surface area is 137 Å². The molecule has 1 aromatic heterocycles. The van der Waals surface area contributed by atoms with Crippen molar-refractivity contribution in [2.45, 2.75) is 6.42 Å². The number of hydrogen-bond donors (Lipinski definition) is 1. The molecule has 0 aliphatic heterocycles. The van der Waals surface area contributed by atoms with Gasteiger partial charge in [-0.25, -0.2) is 0 Å². The molecule has 1 N–H and O–H groups in total. The fourth-order valence-electron chi connectivity index (χ4n) is 2.30. The van der Waals surface area contributed by atoms with Gasteiger partial charge in [0.2, 0.25) is 5.91 Å². The molecule has 0 bridgehead atoms. The van der Waals surface area contributed by atoms with Crippen LogP contribution in [0.2, 0.25) is 5.02 Å². The van der Waals surface area contributed by atoms with Crippen LogP contribution in [0.5, 0.6) is 5.75 Å². The second kappa shape index (κ2) is 6.38. The standard InChI is InChI=1S/C17H14ClNO2S/c1-21-17-13-4-2-3-5-14(13)22-15(17)10-16(20)19-12-8-6-11(18)7-9-12/h2-9H,10H2,1H3,(H,19,20). The van der Waals surface area contributed by atoms with E-state index in [0.717, 1.165) is 26.4 Å². The van der Waals surface area contributed by atoms with Crippen molar-refractivity contribution < 1.29 is 9.53 Å². The van der Waals surface area contributed by atoms with E-state index in [9.17, 15) is 4.79 Å². The van der Waals surface area contributed by atoms with E-state index in [4.69, 9.17) is 16.3 Å². The highest BCUT2D eigenvalue weighted by Crippen LogP contribution is 2.37.